The Labute approximate surface area is 120 Å². The number of nitriles is 1. The first kappa shape index (κ1) is 13.0. The molecule has 1 fully saturated rings. The first-order valence-corrected chi connectivity index (χ1v) is 7.53. The number of hydrogen-bond acceptors (Lipinski definition) is 2. The highest BCUT2D eigenvalue weighted by Gasteiger charge is 2.22. The van der Waals surface area contributed by atoms with Crippen molar-refractivity contribution in [2.75, 3.05) is 11.4 Å². The Balaban J connectivity index is 2.14. The van der Waals surface area contributed by atoms with Gasteiger partial charge in [0, 0.05) is 29.0 Å². The van der Waals surface area contributed by atoms with Gasteiger partial charge in [0.25, 0.3) is 0 Å². The highest BCUT2D eigenvalue weighted by Crippen LogP contribution is 2.33. The SMILES string of the molecule is CCC1CCCCN1c1ccc(C#N)c2ccccc12. The summed E-state index contributed by atoms with van der Waals surface area (Å²) in [4.78, 5) is 2.55. The molecule has 0 aromatic heterocycles. The molecule has 1 unspecified atom stereocenters. The molecule has 3 rings (SSSR count). The summed E-state index contributed by atoms with van der Waals surface area (Å²) in [5.74, 6) is 0. The van der Waals surface area contributed by atoms with Gasteiger partial charge in [0.15, 0.2) is 0 Å². The van der Waals surface area contributed by atoms with Crippen molar-refractivity contribution in [1.82, 2.24) is 0 Å². The van der Waals surface area contributed by atoms with E-state index in [0.29, 0.717) is 6.04 Å². The Morgan fingerprint density at radius 3 is 2.70 bits per heavy atom. The second-order valence-corrected chi connectivity index (χ2v) is 5.54. The van der Waals surface area contributed by atoms with Crippen molar-refractivity contribution in [2.24, 2.45) is 0 Å². The largest absolute Gasteiger partial charge is 0.368 e. The molecule has 2 heteroatoms. The van der Waals surface area contributed by atoms with Crippen LogP contribution in [0.25, 0.3) is 10.8 Å². The molecule has 1 heterocycles. The van der Waals surface area contributed by atoms with Crippen LogP contribution in [0.5, 0.6) is 0 Å². The van der Waals surface area contributed by atoms with Crippen LogP contribution in [0.15, 0.2) is 36.4 Å². The maximum absolute atomic E-state index is 9.27. The van der Waals surface area contributed by atoms with Crippen LogP contribution in [0, 0.1) is 11.3 Å². The van der Waals surface area contributed by atoms with Crippen molar-refractivity contribution in [1.29, 1.82) is 5.26 Å². The highest BCUT2D eigenvalue weighted by molar-refractivity contribution is 5.98. The van der Waals surface area contributed by atoms with Gasteiger partial charge in [-0.3, -0.25) is 0 Å². The van der Waals surface area contributed by atoms with Gasteiger partial charge in [0.1, 0.15) is 0 Å². The molecule has 0 N–H and O–H groups in total. The molecule has 0 aliphatic carbocycles. The van der Waals surface area contributed by atoms with Crippen molar-refractivity contribution < 1.29 is 0 Å². The van der Waals surface area contributed by atoms with Crippen molar-refractivity contribution in [3.05, 3.63) is 42.0 Å². The summed E-state index contributed by atoms with van der Waals surface area (Å²) in [7, 11) is 0. The summed E-state index contributed by atoms with van der Waals surface area (Å²) in [6.45, 7) is 3.41. The number of benzene rings is 2. The fourth-order valence-electron chi connectivity index (χ4n) is 3.37. The lowest BCUT2D eigenvalue weighted by atomic mass is 9.96. The minimum absolute atomic E-state index is 0.639. The lowest BCUT2D eigenvalue weighted by Crippen LogP contribution is -2.39. The lowest BCUT2D eigenvalue weighted by Gasteiger charge is -2.38. The molecule has 20 heavy (non-hydrogen) atoms. The van der Waals surface area contributed by atoms with Crippen molar-refractivity contribution in [3.63, 3.8) is 0 Å². The zero-order valence-electron chi connectivity index (χ0n) is 12.0. The minimum atomic E-state index is 0.639. The molecule has 2 nitrogen and oxygen atoms in total. The van der Waals surface area contributed by atoms with Gasteiger partial charge < -0.3 is 4.90 Å². The van der Waals surface area contributed by atoms with Crippen LogP contribution in [-0.2, 0) is 0 Å². The number of rotatable bonds is 2. The summed E-state index contributed by atoms with van der Waals surface area (Å²) < 4.78 is 0. The van der Waals surface area contributed by atoms with E-state index in [0.717, 1.165) is 17.5 Å². The second-order valence-electron chi connectivity index (χ2n) is 5.54. The molecule has 0 bridgehead atoms. The van der Waals surface area contributed by atoms with Crippen LogP contribution in [-0.4, -0.2) is 12.6 Å². The molecule has 1 aliphatic heterocycles. The Hall–Kier alpha value is -2.01. The molecule has 0 saturated carbocycles. The topological polar surface area (TPSA) is 27.0 Å². The van der Waals surface area contributed by atoms with Crippen LogP contribution < -0.4 is 4.90 Å². The molecule has 0 amide bonds. The molecule has 0 spiro atoms. The highest BCUT2D eigenvalue weighted by atomic mass is 15.2. The van der Waals surface area contributed by atoms with E-state index in [9.17, 15) is 5.26 Å². The normalized spacial score (nSPS) is 19.0. The third kappa shape index (κ3) is 2.14. The van der Waals surface area contributed by atoms with Gasteiger partial charge >= 0.3 is 0 Å². The summed E-state index contributed by atoms with van der Waals surface area (Å²) in [5, 5.41) is 11.6. The number of hydrogen-bond donors (Lipinski definition) is 0. The smallest absolute Gasteiger partial charge is 0.0998 e. The summed E-state index contributed by atoms with van der Waals surface area (Å²) >= 11 is 0. The first-order valence-electron chi connectivity index (χ1n) is 7.53. The number of piperidine rings is 1. The zero-order chi connectivity index (χ0) is 13.9. The van der Waals surface area contributed by atoms with Gasteiger partial charge in [0.2, 0.25) is 0 Å². The van der Waals surface area contributed by atoms with E-state index >= 15 is 0 Å². The van der Waals surface area contributed by atoms with Gasteiger partial charge in [-0.2, -0.15) is 5.26 Å². The van der Waals surface area contributed by atoms with E-state index in [-0.39, 0.29) is 0 Å². The number of nitrogens with zero attached hydrogens (tertiary/aromatic N) is 2. The van der Waals surface area contributed by atoms with Gasteiger partial charge in [0.05, 0.1) is 11.6 Å². The van der Waals surface area contributed by atoms with Crippen LogP contribution in [0.3, 0.4) is 0 Å². The summed E-state index contributed by atoms with van der Waals surface area (Å²) in [6, 6.07) is 15.3. The summed E-state index contributed by atoms with van der Waals surface area (Å²) in [6.07, 6.45) is 5.08. The van der Waals surface area contributed by atoms with Gasteiger partial charge in [-0.05, 0) is 37.8 Å². The molecule has 2 aromatic rings. The Bertz CT molecular complexity index is 654. The molecular formula is C18H20N2. The average Bonchev–Trinajstić information content (AvgIpc) is 2.53. The zero-order valence-corrected chi connectivity index (χ0v) is 12.0. The maximum atomic E-state index is 9.27. The fraction of sp³-hybridized carbons (Fsp3) is 0.389. The van der Waals surface area contributed by atoms with Crippen LogP contribution >= 0.6 is 0 Å². The van der Waals surface area contributed by atoms with Crippen LogP contribution in [0.1, 0.15) is 38.2 Å². The van der Waals surface area contributed by atoms with E-state index in [1.165, 1.54) is 36.8 Å². The van der Waals surface area contributed by atoms with Crippen molar-refractivity contribution in [2.45, 2.75) is 38.6 Å². The van der Waals surface area contributed by atoms with Crippen molar-refractivity contribution >= 4 is 16.5 Å². The third-order valence-electron chi connectivity index (χ3n) is 4.43. The Morgan fingerprint density at radius 2 is 1.95 bits per heavy atom. The fourth-order valence-corrected chi connectivity index (χ4v) is 3.37. The second kappa shape index (κ2) is 5.54. The molecule has 2 aromatic carbocycles. The van der Waals surface area contributed by atoms with E-state index in [1.807, 2.05) is 12.1 Å². The van der Waals surface area contributed by atoms with E-state index in [2.05, 4.69) is 42.2 Å². The Kier molecular flexibility index (Phi) is 3.60. The molecular weight excluding hydrogens is 244 g/mol. The molecule has 0 radical (unpaired) electrons. The van der Waals surface area contributed by atoms with E-state index in [4.69, 9.17) is 0 Å². The first-order chi connectivity index (χ1) is 9.85. The number of fused-ring (bicyclic) bond motifs is 1. The summed E-state index contributed by atoms with van der Waals surface area (Å²) in [5.41, 5.74) is 2.07. The monoisotopic (exact) mass is 264 g/mol. The molecule has 1 aliphatic rings. The predicted octanol–water partition coefficient (Wildman–Crippen LogP) is 4.48. The number of anilines is 1. The van der Waals surface area contributed by atoms with Gasteiger partial charge in [-0.1, -0.05) is 31.2 Å². The van der Waals surface area contributed by atoms with E-state index < -0.39 is 0 Å². The standard InChI is InChI=1S/C18H20N2/c1-2-15-7-5-6-12-20(15)18-11-10-14(13-19)16-8-3-4-9-17(16)18/h3-4,8-11,15H,2,5-7,12H2,1H3. The maximum Gasteiger partial charge on any atom is 0.0998 e. The molecule has 1 saturated heterocycles. The average molecular weight is 264 g/mol. The van der Waals surface area contributed by atoms with Crippen LogP contribution in [0.4, 0.5) is 5.69 Å². The van der Waals surface area contributed by atoms with Gasteiger partial charge in [-0.25, -0.2) is 0 Å². The molecule has 102 valence electrons. The predicted molar refractivity (Wildman–Crippen MR) is 83.9 cm³/mol. The van der Waals surface area contributed by atoms with E-state index in [1.54, 1.807) is 0 Å². The van der Waals surface area contributed by atoms with Gasteiger partial charge in [-0.15, -0.1) is 0 Å². The van der Waals surface area contributed by atoms with Crippen molar-refractivity contribution in [3.8, 4) is 6.07 Å². The Morgan fingerprint density at radius 1 is 1.15 bits per heavy atom. The minimum Gasteiger partial charge on any atom is -0.368 e. The van der Waals surface area contributed by atoms with Crippen LogP contribution in [0.2, 0.25) is 0 Å². The quantitative estimate of drug-likeness (QED) is 0.799. The molecule has 1 atom stereocenters. The lowest BCUT2D eigenvalue weighted by molar-refractivity contribution is 0.451. The third-order valence-corrected chi connectivity index (χ3v) is 4.43.